The van der Waals surface area contributed by atoms with E-state index in [2.05, 4.69) is 37.7 Å². The Balaban J connectivity index is 1.44. The number of nitrogens with one attached hydrogen (secondary N) is 2. The molecule has 1 amide bonds. The molecule has 6 heteroatoms. The van der Waals surface area contributed by atoms with Crippen molar-refractivity contribution in [1.82, 2.24) is 15.0 Å². The van der Waals surface area contributed by atoms with Gasteiger partial charge in [-0.2, -0.15) is 0 Å². The number of carbonyl (C=O) groups excluding carboxylic acids is 1. The van der Waals surface area contributed by atoms with E-state index >= 15 is 0 Å². The highest BCUT2D eigenvalue weighted by Crippen LogP contribution is 2.21. The number of para-hydroxylation sites is 1. The summed E-state index contributed by atoms with van der Waals surface area (Å²) < 4.78 is 0. The third kappa shape index (κ3) is 4.12. The van der Waals surface area contributed by atoms with Crippen LogP contribution >= 0.6 is 0 Å². The number of rotatable bonds is 6. The molecule has 0 bridgehead atoms. The summed E-state index contributed by atoms with van der Waals surface area (Å²) in [5.41, 5.74) is 2.93. The third-order valence-corrected chi connectivity index (χ3v) is 4.34. The van der Waals surface area contributed by atoms with Crippen molar-refractivity contribution < 1.29 is 4.79 Å². The number of benzene rings is 2. The average Bonchev–Trinajstić information content (AvgIpc) is 2.75. The largest absolute Gasteiger partial charge is 0.370 e. The molecule has 4 aromatic rings. The van der Waals surface area contributed by atoms with Crippen LogP contribution in [-0.4, -0.2) is 27.4 Å². The van der Waals surface area contributed by atoms with Gasteiger partial charge in [-0.3, -0.25) is 9.78 Å². The van der Waals surface area contributed by atoms with Crippen molar-refractivity contribution in [2.45, 2.75) is 6.42 Å². The van der Waals surface area contributed by atoms with E-state index in [-0.39, 0.29) is 5.91 Å². The molecule has 0 unspecified atom stereocenters. The zero-order valence-corrected chi connectivity index (χ0v) is 15.2. The van der Waals surface area contributed by atoms with Crippen LogP contribution in [0, 0.1) is 0 Å². The molecule has 0 atom stereocenters. The predicted molar refractivity (Wildman–Crippen MR) is 110 cm³/mol. The van der Waals surface area contributed by atoms with Crippen molar-refractivity contribution in [3.63, 3.8) is 0 Å². The lowest BCUT2D eigenvalue weighted by atomic mass is 10.1. The summed E-state index contributed by atoms with van der Waals surface area (Å²) in [7, 11) is 0. The molecular weight excluding hydrogens is 350 g/mol. The number of fused-ring (bicyclic) bond motifs is 1. The number of pyridine rings is 1. The van der Waals surface area contributed by atoms with Crippen molar-refractivity contribution >= 4 is 28.3 Å². The van der Waals surface area contributed by atoms with Crippen LogP contribution in [0.2, 0.25) is 0 Å². The summed E-state index contributed by atoms with van der Waals surface area (Å²) in [4.78, 5) is 25.3. The normalized spacial score (nSPS) is 10.6. The summed E-state index contributed by atoms with van der Waals surface area (Å²) in [6.07, 6.45) is 3.96. The van der Waals surface area contributed by atoms with E-state index in [1.807, 2.05) is 48.5 Å². The van der Waals surface area contributed by atoms with Gasteiger partial charge in [-0.1, -0.05) is 48.5 Å². The molecule has 2 aromatic heterocycles. The highest BCUT2D eigenvalue weighted by Gasteiger charge is 2.11. The summed E-state index contributed by atoms with van der Waals surface area (Å²) in [5.74, 6) is 0.318. The molecule has 4 rings (SSSR count). The fourth-order valence-corrected chi connectivity index (χ4v) is 2.95. The first-order chi connectivity index (χ1) is 13.8. The second kappa shape index (κ2) is 8.26. The molecule has 0 saturated carbocycles. The molecule has 138 valence electrons. The number of carbonyl (C=O) groups is 1. The molecule has 0 fully saturated rings. The average molecular weight is 369 g/mol. The highest BCUT2D eigenvalue weighted by atomic mass is 16.1. The minimum absolute atomic E-state index is 0.296. The Morgan fingerprint density at radius 1 is 0.893 bits per heavy atom. The van der Waals surface area contributed by atoms with Crippen LogP contribution in [0.3, 0.4) is 0 Å². The number of hydrogen-bond donors (Lipinski definition) is 2. The molecule has 2 N–H and O–H groups in total. The Labute approximate surface area is 162 Å². The Morgan fingerprint density at radius 2 is 1.75 bits per heavy atom. The Bertz CT molecular complexity index is 1090. The van der Waals surface area contributed by atoms with Crippen molar-refractivity contribution in [3.8, 4) is 0 Å². The van der Waals surface area contributed by atoms with Gasteiger partial charge in [0.2, 0.25) is 0 Å². The number of nitrogens with zero attached hydrogens (tertiary/aromatic N) is 3. The Kier molecular flexibility index (Phi) is 5.20. The maximum atomic E-state index is 12.6. The molecule has 0 saturated heterocycles. The van der Waals surface area contributed by atoms with Gasteiger partial charge in [0, 0.05) is 24.2 Å². The zero-order chi connectivity index (χ0) is 19.2. The number of amides is 1. The highest BCUT2D eigenvalue weighted by molar-refractivity contribution is 6.07. The van der Waals surface area contributed by atoms with Gasteiger partial charge in [-0.25, -0.2) is 9.97 Å². The number of hydrogen-bond acceptors (Lipinski definition) is 5. The van der Waals surface area contributed by atoms with Crippen LogP contribution in [-0.2, 0) is 6.42 Å². The lowest BCUT2D eigenvalue weighted by Gasteiger charge is -2.09. The summed E-state index contributed by atoms with van der Waals surface area (Å²) in [6.45, 7) is 0.718. The van der Waals surface area contributed by atoms with Gasteiger partial charge in [0.25, 0.3) is 5.91 Å². The van der Waals surface area contributed by atoms with Crippen LogP contribution in [0.25, 0.3) is 10.9 Å². The maximum absolute atomic E-state index is 12.6. The van der Waals surface area contributed by atoms with Crippen LogP contribution in [0.5, 0.6) is 0 Å². The van der Waals surface area contributed by atoms with Gasteiger partial charge in [0.05, 0.1) is 11.2 Å². The first-order valence-corrected chi connectivity index (χ1v) is 9.04. The van der Waals surface area contributed by atoms with Crippen LogP contribution in [0.1, 0.15) is 16.1 Å². The second-order valence-electron chi connectivity index (χ2n) is 6.29. The smallest absolute Gasteiger partial charge is 0.274 e. The van der Waals surface area contributed by atoms with Gasteiger partial charge in [0.15, 0.2) is 0 Å². The van der Waals surface area contributed by atoms with Crippen LogP contribution in [0.15, 0.2) is 79.3 Å². The first kappa shape index (κ1) is 17.6. The van der Waals surface area contributed by atoms with E-state index in [1.54, 1.807) is 12.3 Å². The van der Waals surface area contributed by atoms with E-state index < -0.39 is 0 Å². The molecule has 2 heterocycles. The number of anilines is 2. The monoisotopic (exact) mass is 369 g/mol. The first-order valence-electron chi connectivity index (χ1n) is 9.04. The quantitative estimate of drug-likeness (QED) is 0.538. The van der Waals surface area contributed by atoms with E-state index in [4.69, 9.17) is 0 Å². The molecule has 0 radical (unpaired) electrons. The van der Waals surface area contributed by atoms with Gasteiger partial charge in [-0.15, -0.1) is 0 Å². The van der Waals surface area contributed by atoms with E-state index in [0.29, 0.717) is 17.2 Å². The zero-order valence-electron chi connectivity index (χ0n) is 15.2. The SMILES string of the molecule is O=C(Nc1cccc2cccnc12)c1cc(NCCc2ccccc2)ncn1. The van der Waals surface area contributed by atoms with Crippen molar-refractivity contribution in [3.05, 3.63) is 90.5 Å². The molecule has 28 heavy (non-hydrogen) atoms. The van der Waals surface area contributed by atoms with E-state index in [0.717, 1.165) is 23.9 Å². The van der Waals surface area contributed by atoms with E-state index in [9.17, 15) is 4.79 Å². The van der Waals surface area contributed by atoms with Gasteiger partial charge in [-0.05, 0) is 24.1 Å². The van der Waals surface area contributed by atoms with Crippen LogP contribution < -0.4 is 10.6 Å². The van der Waals surface area contributed by atoms with Crippen molar-refractivity contribution in [2.24, 2.45) is 0 Å². The lowest BCUT2D eigenvalue weighted by molar-refractivity contribution is 0.102. The molecule has 0 aliphatic carbocycles. The van der Waals surface area contributed by atoms with Crippen molar-refractivity contribution in [1.29, 1.82) is 0 Å². The summed E-state index contributed by atoms with van der Waals surface area (Å²) >= 11 is 0. The fourth-order valence-electron chi connectivity index (χ4n) is 2.95. The maximum Gasteiger partial charge on any atom is 0.274 e. The molecule has 0 aliphatic heterocycles. The standard InChI is InChI=1S/C22H19N5O/c28-22(27-18-10-4-8-17-9-5-12-24-21(17)18)19-14-20(26-15-25-19)23-13-11-16-6-2-1-3-7-16/h1-10,12,14-15H,11,13H2,(H,27,28)(H,23,25,26). The topological polar surface area (TPSA) is 79.8 Å². The number of aromatic nitrogens is 3. The molecule has 0 aliphatic rings. The molecule has 6 nitrogen and oxygen atoms in total. The lowest BCUT2D eigenvalue weighted by Crippen LogP contribution is -2.15. The van der Waals surface area contributed by atoms with Crippen LogP contribution in [0.4, 0.5) is 11.5 Å². The molecule has 0 spiro atoms. The Hall–Kier alpha value is -3.80. The van der Waals surface area contributed by atoms with E-state index in [1.165, 1.54) is 11.9 Å². The summed E-state index contributed by atoms with van der Waals surface area (Å²) in [5, 5.41) is 7.09. The van der Waals surface area contributed by atoms with Gasteiger partial charge in [0.1, 0.15) is 17.8 Å². The minimum Gasteiger partial charge on any atom is -0.370 e. The van der Waals surface area contributed by atoms with Crippen molar-refractivity contribution in [2.75, 3.05) is 17.2 Å². The second-order valence-corrected chi connectivity index (χ2v) is 6.29. The van der Waals surface area contributed by atoms with Gasteiger partial charge >= 0.3 is 0 Å². The fraction of sp³-hybridized carbons (Fsp3) is 0.0909. The molecular formula is C22H19N5O. The predicted octanol–water partition coefficient (Wildman–Crippen LogP) is 3.93. The summed E-state index contributed by atoms with van der Waals surface area (Å²) in [6, 6.07) is 21.3. The molecule has 2 aromatic carbocycles. The van der Waals surface area contributed by atoms with Gasteiger partial charge < -0.3 is 10.6 Å². The Morgan fingerprint density at radius 3 is 2.64 bits per heavy atom. The minimum atomic E-state index is -0.299. The third-order valence-electron chi connectivity index (χ3n) is 4.34.